The minimum Gasteiger partial charge on any atom is -0.332 e. The molecule has 1 fully saturated rings. The molecule has 1 aliphatic rings. The first-order chi connectivity index (χ1) is 12.0. The predicted octanol–water partition coefficient (Wildman–Crippen LogP) is 2.94. The Morgan fingerprint density at radius 1 is 1.08 bits per heavy atom. The van der Waals surface area contributed by atoms with Crippen LogP contribution in [0.2, 0.25) is 0 Å². The van der Waals surface area contributed by atoms with Gasteiger partial charge >= 0.3 is 0 Å². The second-order valence-electron chi connectivity index (χ2n) is 6.29. The van der Waals surface area contributed by atoms with Crippen LogP contribution in [0.3, 0.4) is 0 Å². The Morgan fingerprint density at radius 3 is 2.48 bits per heavy atom. The van der Waals surface area contributed by atoms with Crippen LogP contribution in [0.1, 0.15) is 17.5 Å². The summed E-state index contributed by atoms with van der Waals surface area (Å²) in [7, 11) is 0. The largest absolute Gasteiger partial charge is 0.332 e. The third kappa shape index (κ3) is 4.05. The monoisotopic (exact) mass is 340 g/mol. The number of piperazine rings is 1. The molecule has 0 aliphatic carbocycles. The molecule has 3 rings (SSSR count). The third-order valence-electron chi connectivity index (χ3n) is 4.49. The lowest BCUT2D eigenvalue weighted by molar-refractivity contribution is -0.136. The van der Waals surface area contributed by atoms with Crippen molar-refractivity contribution in [2.45, 2.75) is 19.8 Å². The fourth-order valence-electron chi connectivity index (χ4n) is 2.98. The fourth-order valence-corrected chi connectivity index (χ4v) is 2.98. The molecule has 0 aromatic heterocycles. The Balaban J connectivity index is 1.57. The second-order valence-corrected chi connectivity index (χ2v) is 6.29. The highest BCUT2D eigenvalue weighted by Crippen LogP contribution is 2.19. The van der Waals surface area contributed by atoms with Crippen LogP contribution in [0, 0.1) is 12.7 Å². The zero-order chi connectivity index (χ0) is 17.8. The Morgan fingerprint density at radius 2 is 1.80 bits per heavy atom. The van der Waals surface area contributed by atoms with Gasteiger partial charge in [0.25, 0.3) is 0 Å². The van der Waals surface area contributed by atoms with Crippen molar-refractivity contribution in [3.05, 3.63) is 65.5 Å². The molecule has 0 spiro atoms. The zero-order valence-corrected chi connectivity index (χ0v) is 14.2. The molecule has 2 aromatic rings. The number of nitrogens with zero attached hydrogens (tertiary/aromatic N) is 2. The first-order valence-corrected chi connectivity index (χ1v) is 8.43. The Bertz CT molecular complexity index is 774. The van der Waals surface area contributed by atoms with Crippen LogP contribution in [0.5, 0.6) is 0 Å². The quantitative estimate of drug-likeness (QED) is 0.859. The van der Waals surface area contributed by atoms with Crippen molar-refractivity contribution in [2.75, 3.05) is 24.5 Å². The number of rotatable bonds is 4. The molecule has 0 bridgehead atoms. The number of aryl methyl sites for hydroxylation is 2. The van der Waals surface area contributed by atoms with Gasteiger partial charge in [-0.15, -0.1) is 0 Å². The summed E-state index contributed by atoms with van der Waals surface area (Å²) in [5, 5.41) is 0. The number of amides is 2. The summed E-state index contributed by atoms with van der Waals surface area (Å²) in [6.07, 6.45) is 0.552. The smallest absolute Gasteiger partial charge is 0.246 e. The van der Waals surface area contributed by atoms with E-state index in [0.717, 1.165) is 11.3 Å². The highest BCUT2D eigenvalue weighted by atomic mass is 19.1. The standard InChI is InChI=1S/C20H21FN2O2/c1-15-6-9-17(10-7-15)23-13-12-22(14-20(23)25)19(24)11-8-16-4-2-3-5-18(16)21/h2-7,9-10H,8,11-14H2,1H3. The summed E-state index contributed by atoms with van der Waals surface area (Å²) < 4.78 is 13.6. The van der Waals surface area contributed by atoms with E-state index in [1.807, 2.05) is 31.2 Å². The number of anilines is 1. The number of halogens is 1. The molecule has 0 radical (unpaired) electrons. The molecule has 1 saturated heterocycles. The van der Waals surface area contributed by atoms with Crippen LogP contribution in [0.15, 0.2) is 48.5 Å². The summed E-state index contributed by atoms with van der Waals surface area (Å²) >= 11 is 0. The normalized spacial score (nSPS) is 14.7. The van der Waals surface area contributed by atoms with Crippen LogP contribution in [0.4, 0.5) is 10.1 Å². The van der Waals surface area contributed by atoms with E-state index in [1.165, 1.54) is 6.07 Å². The molecule has 130 valence electrons. The molecule has 0 saturated carbocycles. The first kappa shape index (κ1) is 17.1. The van der Waals surface area contributed by atoms with Gasteiger partial charge in [0.2, 0.25) is 11.8 Å². The van der Waals surface area contributed by atoms with E-state index < -0.39 is 0 Å². The molecular weight excluding hydrogens is 319 g/mol. The Labute approximate surface area is 146 Å². The summed E-state index contributed by atoms with van der Waals surface area (Å²) in [6.45, 7) is 3.05. The summed E-state index contributed by atoms with van der Waals surface area (Å²) in [6, 6.07) is 14.2. The highest BCUT2D eigenvalue weighted by Gasteiger charge is 2.27. The van der Waals surface area contributed by atoms with Crippen molar-refractivity contribution in [1.82, 2.24) is 4.90 Å². The number of carbonyl (C=O) groups is 2. The molecule has 0 N–H and O–H groups in total. The molecule has 0 atom stereocenters. The first-order valence-electron chi connectivity index (χ1n) is 8.43. The lowest BCUT2D eigenvalue weighted by Gasteiger charge is -2.34. The number of hydrogen-bond donors (Lipinski definition) is 0. The van der Waals surface area contributed by atoms with Gasteiger partial charge in [0.05, 0.1) is 0 Å². The molecular formula is C20H21FN2O2. The van der Waals surface area contributed by atoms with Crippen molar-refractivity contribution in [1.29, 1.82) is 0 Å². The molecule has 1 heterocycles. The van der Waals surface area contributed by atoms with Crippen molar-refractivity contribution < 1.29 is 14.0 Å². The number of hydrogen-bond acceptors (Lipinski definition) is 2. The van der Waals surface area contributed by atoms with Gasteiger partial charge in [0.1, 0.15) is 12.4 Å². The highest BCUT2D eigenvalue weighted by molar-refractivity contribution is 5.97. The minimum absolute atomic E-state index is 0.0734. The molecule has 0 unspecified atom stereocenters. The molecule has 25 heavy (non-hydrogen) atoms. The predicted molar refractivity (Wildman–Crippen MR) is 94.8 cm³/mol. The summed E-state index contributed by atoms with van der Waals surface area (Å²) in [5.41, 5.74) is 2.52. The topological polar surface area (TPSA) is 40.6 Å². The van der Waals surface area contributed by atoms with Gasteiger partial charge in [-0.3, -0.25) is 9.59 Å². The molecule has 4 nitrogen and oxygen atoms in total. The maximum absolute atomic E-state index is 13.6. The molecule has 2 aromatic carbocycles. The van der Waals surface area contributed by atoms with Crippen LogP contribution in [0.25, 0.3) is 0 Å². The molecule has 2 amide bonds. The van der Waals surface area contributed by atoms with E-state index in [2.05, 4.69) is 0 Å². The maximum Gasteiger partial charge on any atom is 0.246 e. The fraction of sp³-hybridized carbons (Fsp3) is 0.300. The van der Waals surface area contributed by atoms with E-state index in [9.17, 15) is 14.0 Å². The van der Waals surface area contributed by atoms with Crippen molar-refractivity contribution >= 4 is 17.5 Å². The maximum atomic E-state index is 13.6. The van der Waals surface area contributed by atoms with Crippen LogP contribution in [-0.2, 0) is 16.0 Å². The number of benzene rings is 2. The van der Waals surface area contributed by atoms with Gasteiger partial charge in [-0.25, -0.2) is 4.39 Å². The molecule has 1 aliphatic heterocycles. The number of carbonyl (C=O) groups excluding carboxylic acids is 2. The van der Waals surface area contributed by atoms with Gasteiger partial charge in [-0.05, 0) is 37.1 Å². The SMILES string of the molecule is Cc1ccc(N2CCN(C(=O)CCc3ccccc3F)CC2=O)cc1. The van der Waals surface area contributed by atoms with Gasteiger partial charge in [-0.1, -0.05) is 35.9 Å². The third-order valence-corrected chi connectivity index (χ3v) is 4.49. The summed E-state index contributed by atoms with van der Waals surface area (Å²) in [5.74, 6) is -0.495. The van der Waals surface area contributed by atoms with Crippen molar-refractivity contribution in [2.24, 2.45) is 0 Å². The van der Waals surface area contributed by atoms with Crippen molar-refractivity contribution in [3.8, 4) is 0 Å². The van der Waals surface area contributed by atoms with E-state index in [4.69, 9.17) is 0 Å². The van der Waals surface area contributed by atoms with Crippen molar-refractivity contribution in [3.63, 3.8) is 0 Å². The van der Waals surface area contributed by atoms with Gasteiger partial charge < -0.3 is 9.80 Å². The van der Waals surface area contributed by atoms with Gasteiger partial charge in [0.15, 0.2) is 0 Å². The Hall–Kier alpha value is -2.69. The Kier molecular flexibility index (Phi) is 5.12. The zero-order valence-electron chi connectivity index (χ0n) is 14.2. The van der Waals surface area contributed by atoms with E-state index >= 15 is 0 Å². The van der Waals surface area contributed by atoms with Gasteiger partial charge in [-0.2, -0.15) is 0 Å². The lowest BCUT2D eigenvalue weighted by atomic mass is 10.1. The summed E-state index contributed by atoms with van der Waals surface area (Å²) in [4.78, 5) is 28.0. The van der Waals surface area contributed by atoms with E-state index in [-0.39, 0.29) is 30.6 Å². The average Bonchev–Trinajstić information content (AvgIpc) is 2.61. The lowest BCUT2D eigenvalue weighted by Crippen LogP contribution is -2.52. The average molecular weight is 340 g/mol. The van der Waals surface area contributed by atoms with Crippen LogP contribution >= 0.6 is 0 Å². The van der Waals surface area contributed by atoms with Crippen LogP contribution < -0.4 is 4.90 Å². The minimum atomic E-state index is -0.296. The van der Waals surface area contributed by atoms with E-state index in [1.54, 1.807) is 28.0 Å². The van der Waals surface area contributed by atoms with E-state index in [0.29, 0.717) is 25.1 Å². The van der Waals surface area contributed by atoms with Gasteiger partial charge in [0, 0.05) is 25.2 Å². The van der Waals surface area contributed by atoms with Crippen LogP contribution in [-0.4, -0.2) is 36.3 Å². The second kappa shape index (κ2) is 7.47. The molecule has 5 heteroatoms.